The largest absolute Gasteiger partial charge is 0.338 e. The molecule has 1 heterocycles. The van der Waals surface area contributed by atoms with Gasteiger partial charge >= 0.3 is 6.03 Å². The number of nitrogens with one attached hydrogen (secondary N) is 2. The Morgan fingerprint density at radius 1 is 1.05 bits per heavy atom. The standard InChI is InChI=1S/C18H21N3O/c22-18(19-11-10-14-4-2-1-3-5-14)21-13-15-6-9-17(20-12-15)16-7-8-16/h1-6,9,12,16H,7-8,10-11,13H2,(H2,19,21,22). The lowest BCUT2D eigenvalue weighted by Crippen LogP contribution is -2.36. The number of rotatable bonds is 6. The fraction of sp³-hybridized carbons (Fsp3) is 0.333. The van der Waals surface area contributed by atoms with E-state index in [1.165, 1.54) is 24.1 Å². The average Bonchev–Trinajstić information content (AvgIpc) is 3.39. The smallest absolute Gasteiger partial charge is 0.315 e. The minimum atomic E-state index is -0.137. The molecule has 0 saturated heterocycles. The fourth-order valence-electron chi connectivity index (χ4n) is 2.37. The van der Waals surface area contributed by atoms with Crippen LogP contribution in [-0.2, 0) is 13.0 Å². The Labute approximate surface area is 131 Å². The summed E-state index contributed by atoms with van der Waals surface area (Å²) in [6.07, 6.45) is 5.21. The van der Waals surface area contributed by atoms with Crippen LogP contribution in [0.4, 0.5) is 4.79 Å². The van der Waals surface area contributed by atoms with E-state index >= 15 is 0 Å². The molecule has 4 nitrogen and oxygen atoms in total. The van der Waals surface area contributed by atoms with E-state index in [4.69, 9.17) is 0 Å². The van der Waals surface area contributed by atoms with Crippen LogP contribution in [0.3, 0.4) is 0 Å². The molecule has 1 aliphatic carbocycles. The van der Waals surface area contributed by atoms with Crippen molar-refractivity contribution in [2.75, 3.05) is 6.54 Å². The van der Waals surface area contributed by atoms with Crippen LogP contribution in [0, 0.1) is 0 Å². The van der Waals surface area contributed by atoms with Gasteiger partial charge in [0.25, 0.3) is 0 Å². The molecule has 22 heavy (non-hydrogen) atoms. The first-order valence-corrected chi connectivity index (χ1v) is 7.82. The van der Waals surface area contributed by atoms with Gasteiger partial charge in [0.15, 0.2) is 0 Å². The summed E-state index contributed by atoms with van der Waals surface area (Å²) in [7, 11) is 0. The molecule has 1 fully saturated rings. The quantitative estimate of drug-likeness (QED) is 0.860. The zero-order valence-electron chi connectivity index (χ0n) is 12.6. The molecule has 1 saturated carbocycles. The van der Waals surface area contributed by atoms with Gasteiger partial charge in [-0.15, -0.1) is 0 Å². The zero-order valence-corrected chi connectivity index (χ0v) is 12.6. The monoisotopic (exact) mass is 295 g/mol. The lowest BCUT2D eigenvalue weighted by molar-refractivity contribution is 0.240. The van der Waals surface area contributed by atoms with Crippen molar-refractivity contribution >= 4 is 6.03 Å². The minimum Gasteiger partial charge on any atom is -0.338 e. The highest BCUT2D eigenvalue weighted by molar-refractivity contribution is 5.73. The second-order valence-electron chi connectivity index (χ2n) is 5.71. The van der Waals surface area contributed by atoms with E-state index in [1.54, 1.807) is 0 Å². The highest BCUT2D eigenvalue weighted by atomic mass is 16.2. The van der Waals surface area contributed by atoms with Crippen molar-refractivity contribution in [2.45, 2.75) is 31.7 Å². The number of urea groups is 1. The maximum absolute atomic E-state index is 11.7. The average molecular weight is 295 g/mol. The lowest BCUT2D eigenvalue weighted by Gasteiger charge is -2.08. The topological polar surface area (TPSA) is 54.0 Å². The van der Waals surface area contributed by atoms with Crippen LogP contribution in [0.5, 0.6) is 0 Å². The molecule has 0 atom stereocenters. The Hall–Kier alpha value is -2.36. The molecule has 114 valence electrons. The van der Waals surface area contributed by atoms with E-state index in [1.807, 2.05) is 30.5 Å². The first-order chi connectivity index (χ1) is 10.8. The van der Waals surface area contributed by atoms with Crippen LogP contribution < -0.4 is 10.6 Å². The third kappa shape index (κ3) is 4.32. The first-order valence-electron chi connectivity index (χ1n) is 7.82. The summed E-state index contributed by atoms with van der Waals surface area (Å²) < 4.78 is 0. The van der Waals surface area contributed by atoms with Crippen molar-refractivity contribution in [3.8, 4) is 0 Å². The van der Waals surface area contributed by atoms with Crippen molar-refractivity contribution in [3.63, 3.8) is 0 Å². The molecule has 2 N–H and O–H groups in total. The summed E-state index contributed by atoms with van der Waals surface area (Å²) in [5.74, 6) is 0.670. The van der Waals surface area contributed by atoms with Gasteiger partial charge in [-0.25, -0.2) is 4.79 Å². The summed E-state index contributed by atoms with van der Waals surface area (Å²) in [6.45, 7) is 1.14. The van der Waals surface area contributed by atoms with Gasteiger partial charge in [0.1, 0.15) is 0 Å². The van der Waals surface area contributed by atoms with Crippen LogP contribution in [-0.4, -0.2) is 17.6 Å². The van der Waals surface area contributed by atoms with Crippen LogP contribution in [0.2, 0.25) is 0 Å². The van der Waals surface area contributed by atoms with E-state index < -0.39 is 0 Å². The second-order valence-corrected chi connectivity index (χ2v) is 5.71. The third-order valence-corrected chi connectivity index (χ3v) is 3.84. The summed E-state index contributed by atoms with van der Waals surface area (Å²) >= 11 is 0. The number of nitrogens with zero attached hydrogens (tertiary/aromatic N) is 1. The molecule has 3 rings (SSSR count). The Morgan fingerprint density at radius 2 is 1.86 bits per heavy atom. The van der Waals surface area contributed by atoms with Gasteiger partial charge in [0.05, 0.1) is 0 Å². The number of pyridine rings is 1. The summed E-state index contributed by atoms with van der Waals surface area (Å²) in [6, 6.07) is 14.1. The maximum atomic E-state index is 11.7. The van der Waals surface area contributed by atoms with Crippen molar-refractivity contribution in [3.05, 3.63) is 65.5 Å². The summed E-state index contributed by atoms with van der Waals surface area (Å²) in [5.41, 5.74) is 3.43. The Bertz CT molecular complexity index is 606. The molecular weight excluding hydrogens is 274 g/mol. The van der Waals surface area contributed by atoms with Gasteiger partial charge in [-0.1, -0.05) is 36.4 Å². The lowest BCUT2D eigenvalue weighted by atomic mass is 10.1. The zero-order chi connectivity index (χ0) is 15.2. The molecule has 1 aromatic heterocycles. The molecule has 0 unspecified atom stereocenters. The van der Waals surface area contributed by atoms with Gasteiger partial charge in [-0.2, -0.15) is 0 Å². The van der Waals surface area contributed by atoms with Crippen molar-refractivity contribution in [1.29, 1.82) is 0 Å². The van der Waals surface area contributed by atoms with E-state index in [2.05, 4.69) is 33.8 Å². The predicted octanol–water partition coefficient (Wildman–Crippen LogP) is 3.00. The molecule has 4 heteroatoms. The molecule has 0 bridgehead atoms. The van der Waals surface area contributed by atoms with Crippen LogP contribution in [0.15, 0.2) is 48.7 Å². The van der Waals surface area contributed by atoms with Crippen molar-refractivity contribution in [1.82, 2.24) is 15.6 Å². The number of carbonyl (C=O) groups is 1. The second kappa shape index (κ2) is 7.07. The molecule has 2 aromatic rings. The molecule has 0 aliphatic heterocycles. The Morgan fingerprint density at radius 3 is 2.55 bits per heavy atom. The van der Waals surface area contributed by atoms with Crippen molar-refractivity contribution < 1.29 is 4.79 Å². The predicted molar refractivity (Wildman–Crippen MR) is 86.6 cm³/mol. The summed E-state index contributed by atoms with van der Waals surface area (Å²) in [4.78, 5) is 16.2. The van der Waals surface area contributed by atoms with Gasteiger partial charge < -0.3 is 10.6 Å². The number of benzene rings is 1. The highest BCUT2D eigenvalue weighted by Gasteiger charge is 2.24. The van der Waals surface area contributed by atoms with E-state index in [-0.39, 0.29) is 6.03 Å². The first kappa shape index (κ1) is 14.6. The molecule has 1 aliphatic rings. The SMILES string of the molecule is O=C(NCCc1ccccc1)NCc1ccc(C2CC2)nc1. The molecule has 2 amide bonds. The highest BCUT2D eigenvalue weighted by Crippen LogP contribution is 2.38. The number of hydrogen-bond donors (Lipinski definition) is 2. The van der Waals surface area contributed by atoms with E-state index in [0.29, 0.717) is 19.0 Å². The minimum absolute atomic E-state index is 0.137. The van der Waals surface area contributed by atoms with Gasteiger partial charge in [0, 0.05) is 30.9 Å². The van der Waals surface area contributed by atoms with Gasteiger partial charge in [-0.05, 0) is 36.5 Å². The number of hydrogen-bond acceptors (Lipinski definition) is 2. The molecule has 0 spiro atoms. The number of carbonyl (C=O) groups excluding carboxylic acids is 1. The molecular formula is C18H21N3O. The number of aromatic nitrogens is 1. The van der Waals surface area contributed by atoms with Crippen LogP contribution in [0.1, 0.15) is 35.6 Å². The maximum Gasteiger partial charge on any atom is 0.315 e. The molecule has 1 aromatic carbocycles. The van der Waals surface area contributed by atoms with Crippen LogP contribution >= 0.6 is 0 Å². The van der Waals surface area contributed by atoms with Crippen LogP contribution in [0.25, 0.3) is 0 Å². The fourth-order valence-corrected chi connectivity index (χ4v) is 2.37. The van der Waals surface area contributed by atoms with E-state index in [9.17, 15) is 4.79 Å². The molecule has 0 radical (unpaired) electrons. The normalized spacial score (nSPS) is 13.6. The Balaban J connectivity index is 1.36. The van der Waals surface area contributed by atoms with E-state index in [0.717, 1.165) is 12.0 Å². The van der Waals surface area contributed by atoms with Gasteiger partial charge in [-0.3, -0.25) is 4.98 Å². The third-order valence-electron chi connectivity index (χ3n) is 3.84. The van der Waals surface area contributed by atoms with Gasteiger partial charge in [0.2, 0.25) is 0 Å². The number of amides is 2. The van der Waals surface area contributed by atoms with Crippen molar-refractivity contribution in [2.24, 2.45) is 0 Å². The Kier molecular flexibility index (Phi) is 4.68. The summed E-state index contributed by atoms with van der Waals surface area (Å²) in [5, 5.41) is 5.73.